The van der Waals surface area contributed by atoms with Crippen LogP contribution in [0.2, 0.25) is 18.1 Å². The van der Waals surface area contributed by atoms with Crippen LogP contribution < -0.4 is 10.4 Å². The number of halogens is 1. The average molecular weight is 570 g/mol. The number of urea groups is 1. The van der Waals surface area contributed by atoms with Crippen LogP contribution >= 0.6 is 0 Å². The summed E-state index contributed by atoms with van der Waals surface area (Å²) >= 11 is 0. The molecule has 40 heavy (non-hydrogen) atoms. The Hall–Kier alpha value is -2.27. The van der Waals surface area contributed by atoms with E-state index in [4.69, 9.17) is 13.7 Å². The molecule has 1 aromatic heterocycles. The molecule has 2 saturated heterocycles. The van der Waals surface area contributed by atoms with Crippen LogP contribution in [-0.4, -0.2) is 61.7 Å². The second-order valence-corrected chi connectivity index (χ2v) is 18.6. The van der Waals surface area contributed by atoms with Crippen molar-refractivity contribution in [2.75, 3.05) is 18.1 Å². The average Bonchev–Trinajstić information content (AvgIpc) is 3.22. The number of amides is 2. The first-order valence-corrected chi connectivity index (χ1v) is 17.0. The van der Waals surface area contributed by atoms with E-state index in [2.05, 4.69) is 38.8 Å². The molecule has 3 heterocycles. The molecule has 1 aromatic carbocycles. The molecule has 0 spiro atoms. The van der Waals surface area contributed by atoms with E-state index in [-0.39, 0.29) is 17.1 Å². The molecule has 2 amide bonds. The first-order chi connectivity index (χ1) is 18.3. The standard InChI is InChI=1S/C30H45BFN3O4Si/c1-20-14-21(2)33-22(15-20)17-34-24(19-37-40(10,11)28(3,4)5)18-35(27(34)36)23-12-13-25(26(32)16-23)31-38-29(6,7)30(8,9)39-31/h12-16,24H,17-19H2,1-11H3. The molecule has 2 fully saturated rings. The van der Waals surface area contributed by atoms with Crippen LogP contribution in [0.5, 0.6) is 0 Å². The molecule has 4 rings (SSSR count). The first kappa shape index (κ1) is 30.7. The fraction of sp³-hybridized carbons (Fsp3) is 0.600. The minimum absolute atomic E-state index is 0.0435. The minimum Gasteiger partial charge on any atom is -0.415 e. The van der Waals surface area contributed by atoms with Gasteiger partial charge in [0.1, 0.15) is 5.82 Å². The van der Waals surface area contributed by atoms with Gasteiger partial charge in [-0.05, 0) is 89.5 Å². The van der Waals surface area contributed by atoms with Crippen molar-refractivity contribution in [2.45, 2.75) is 104 Å². The predicted molar refractivity (Wildman–Crippen MR) is 161 cm³/mol. The largest absolute Gasteiger partial charge is 0.497 e. The smallest absolute Gasteiger partial charge is 0.415 e. The van der Waals surface area contributed by atoms with Gasteiger partial charge in [-0.1, -0.05) is 26.8 Å². The lowest BCUT2D eigenvalue weighted by Gasteiger charge is -2.37. The van der Waals surface area contributed by atoms with E-state index in [1.165, 1.54) is 6.07 Å². The summed E-state index contributed by atoms with van der Waals surface area (Å²) in [4.78, 5) is 22.0. The van der Waals surface area contributed by atoms with Gasteiger partial charge < -0.3 is 18.6 Å². The highest BCUT2D eigenvalue weighted by molar-refractivity contribution is 6.74. The number of pyridine rings is 1. The van der Waals surface area contributed by atoms with Crippen molar-refractivity contribution >= 4 is 32.6 Å². The Morgan fingerprint density at radius 1 is 1.10 bits per heavy atom. The molecule has 0 radical (unpaired) electrons. The monoisotopic (exact) mass is 569 g/mol. The molecule has 0 N–H and O–H groups in total. The van der Waals surface area contributed by atoms with Crippen molar-refractivity contribution in [3.05, 3.63) is 53.1 Å². The van der Waals surface area contributed by atoms with Gasteiger partial charge in [0.05, 0.1) is 42.6 Å². The molecule has 10 heteroatoms. The van der Waals surface area contributed by atoms with Crippen LogP contribution in [0.25, 0.3) is 0 Å². The number of aromatic nitrogens is 1. The summed E-state index contributed by atoms with van der Waals surface area (Å²) in [5, 5.41) is 0.0435. The van der Waals surface area contributed by atoms with Gasteiger partial charge in [0.25, 0.3) is 0 Å². The number of rotatable bonds is 7. The minimum atomic E-state index is -2.05. The van der Waals surface area contributed by atoms with Crippen LogP contribution in [0, 0.1) is 19.7 Å². The van der Waals surface area contributed by atoms with Gasteiger partial charge in [0, 0.05) is 16.8 Å². The lowest BCUT2D eigenvalue weighted by atomic mass is 9.78. The molecule has 0 saturated carbocycles. The summed E-state index contributed by atoms with van der Waals surface area (Å²) in [7, 11) is -2.86. The van der Waals surface area contributed by atoms with Crippen LogP contribution in [0.1, 0.15) is 65.4 Å². The number of aryl methyl sites for hydroxylation is 2. The number of nitrogens with zero attached hydrogens (tertiary/aromatic N) is 3. The third-order valence-electron chi connectivity index (χ3n) is 9.04. The van der Waals surface area contributed by atoms with E-state index in [0.717, 1.165) is 17.0 Å². The Labute approximate surface area is 240 Å². The molecule has 1 atom stereocenters. The highest BCUT2D eigenvalue weighted by Gasteiger charge is 2.52. The number of hydrogen-bond acceptors (Lipinski definition) is 5. The van der Waals surface area contributed by atoms with Crippen LogP contribution in [0.15, 0.2) is 30.3 Å². The van der Waals surface area contributed by atoms with Crippen LogP contribution in [0.3, 0.4) is 0 Å². The topological polar surface area (TPSA) is 64.1 Å². The summed E-state index contributed by atoms with van der Waals surface area (Å²) in [6.07, 6.45) is 0. The van der Waals surface area contributed by atoms with Crippen molar-refractivity contribution < 1.29 is 22.9 Å². The first-order valence-electron chi connectivity index (χ1n) is 14.1. The zero-order chi connectivity index (χ0) is 29.8. The predicted octanol–water partition coefficient (Wildman–Crippen LogP) is 5.97. The van der Waals surface area contributed by atoms with Crippen molar-refractivity contribution in [3.8, 4) is 0 Å². The van der Waals surface area contributed by atoms with E-state index >= 15 is 4.39 Å². The fourth-order valence-corrected chi connectivity index (χ4v) is 5.84. The van der Waals surface area contributed by atoms with E-state index in [9.17, 15) is 4.79 Å². The fourth-order valence-electron chi connectivity index (χ4n) is 4.80. The molecule has 2 aromatic rings. The highest BCUT2D eigenvalue weighted by Crippen LogP contribution is 2.38. The second kappa shape index (κ2) is 10.5. The number of benzene rings is 1. The maximum absolute atomic E-state index is 15.5. The Balaban J connectivity index is 1.60. The third kappa shape index (κ3) is 6.00. The lowest BCUT2D eigenvalue weighted by Crippen LogP contribution is -2.45. The zero-order valence-electron chi connectivity index (χ0n) is 26.0. The number of anilines is 1. The van der Waals surface area contributed by atoms with Gasteiger partial charge >= 0.3 is 13.1 Å². The summed E-state index contributed by atoms with van der Waals surface area (Å²) in [6, 6.07) is 8.48. The summed E-state index contributed by atoms with van der Waals surface area (Å²) in [5.41, 5.74) is 2.50. The third-order valence-corrected chi connectivity index (χ3v) is 13.5. The molecule has 2 aliphatic rings. The molecule has 2 aliphatic heterocycles. The van der Waals surface area contributed by atoms with Crippen molar-refractivity contribution in [3.63, 3.8) is 0 Å². The van der Waals surface area contributed by atoms with Crippen LogP contribution in [-0.2, 0) is 20.3 Å². The van der Waals surface area contributed by atoms with E-state index < -0.39 is 32.5 Å². The van der Waals surface area contributed by atoms with Gasteiger partial charge in [-0.15, -0.1) is 0 Å². The zero-order valence-corrected chi connectivity index (χ0v) is 27.0. The van der Waals surface area contributed by atoms with Gasteiger partial charge in [0.15, 0.2) is 8.32 Å². The molecule has 7 nitrogen and oxygen atoms in total. The Morgan fingerprint density at radius 3 is 2.27 bits per heavy atom. The second-order valence-electron chi connectivity index (χ2n) is 13.8. The van der Waals surface area contributed by atoms with Crippen molar-refractivity contribution in [1.82, 2.24) is 9.88 Å². The SMILES string of the molecule is Cc1cc(C)nc(CN2C(=O)N(c3ccc(B4OC(C)(C)C(C)(C)O4)c(F)c3)CC2CO[Si](C)(C)C(C)(C)C)c1. The van der Waals surface area contributed by atoms with Crippen molar-refractivity contribution in [2.24, 2.45) is 0 Å². The molecule has 1 unspecified atom stereocenters. The van der Waals surface area contributed by atoms with Crippen LogP contribution in [0.4, 0.5) is 14.9 Å². The number of carbonyl (C=O) groups excluding carboxylic acids is 1. The molecule has 0 bridgehead atoms. The summed E-state index contributed by atoms with van der Waals surface area (Å²) < 4.78 is 34.2. The summed E-state index contributed by atoms with van der Waals surface area (Å²) in [6.45, 7) is 23.9. The van der Waals surface area contributed by atoms with Gasteiger partial charge in [-0.25, -0.2) is 9.18 Å². The van der Waals surface area contributed by atoms with E-state index in [1.54, 1.807) is 17.0 Å². The Bertz CT molecular complexity index is 1240. The van der Waals surface area contributed by atoms with E-state index in [1.807, 2.05) is 58.6 Å². The maximum atomic E-state index is 15.5. The lowest BCUT2D eigenvalue weighted by molar-refractivity contribution is 0.00578. The molecule has 0 aliphatic carbocycles. The highest BCUT2D eigenvalue weighted by atomic mass is 28.4. The number of carbonyl (C=O) groups is 1. The maximum Gasteiger partial charge on any atom is 0.497 e. The van der Waals surface area contributed by atoms with Crippen molar-refractivity contribution in [1.29, 1.82) is 0 Å². The van der Waals surface area contributed by atoms with E-state index in [0.29, 0.717) is 30.8 Å². The van der Waals surface area contributed by atoms with Gasteiger partial charge in [0.2, 0.25) is 0 Å². The Kier molecular flexibility index (Phi) is 8.08. The Morgan fingerprint density at radius 2 is 1.73 bits per heavy atom. The van der Waals surface area contributed by atoms with Gasteiger partial charge in [-0.3, -0.25) is 9.88 Å². The summed E-state index contributed by atoms with van der Waals surface area (Å²) in [5.74, 6) is -0.465. The molecular weight excluding hydrogens is 524 g/mol. The van der Waals surface area contributed by atoms with Gasteiger partial charge in [-0.2, -0.15) is 0 Å². The normalized spacial score (nSPS) is 21.1. The quantitative estimate of drug-likeness (QED) is 0.385. The molecule has 218 valence electrons. The number of hydrogen-bond donors (Lipinski definition) is 0. The molecular formula is C30H45BFN3O4Si.